The summed E-state index contributed by atoms with van der Waals surface area (Å²) in [5, 5.41) is 5.56. The highest BCUT2D eigenvalue weighted by Crippen LogP contribution is 2.28. The van der Waals surface area contributed by atoms with Crippen LogP contribution < -0.4 is 0 Å². The van der Waals surface area contributed by atoms with Gasteiger partial charge < -0.3 is 4.98 Å². The zero-order valence-electron chi connectivity index (χ0n) is 13.5. The lowest BCUT2D eigenvalue weighted by molar-refractivity contribution is 0.350. The van der Waals surface area contributed by atoms with Crippen LogP contribution in [0.3, 0.4) is 0 Å². The highest BCUT2D eigenvalue weighted by Gasteiger charge is 2.17. The molecule has 0 saturated heterocycles. The topological polar surface area (TPSA) is 36.9 Å². The predicted molar refractivity (Wildman–Crippen MR) is 94.2 cm³/mol. The van der Waals surface area contributed by atoms with E-state index in [1.165, 1.54) is 34.0 Å². The minimum atomic E-state index is 1.05. The number of hydrogen-bond acceptors (Lipinski definition) is 2. The highest BCUT2D eigenvalue weighted by atomic mass is 15.2. The van der Waals surface area contributed by atoms with Crippen LogP contribution in [-0.4, -0.2) is 39.3 Å². The van der Waals surface area contributed by atoms with E-state index in [1.54, 1.807) is 0 Å². The molecule has 0 amide bonds. The van der Waals surface area contributed by atoms with E-state index in [0.29, 0.717) is 0 Å². The zero-order chi connectivity index (χ0) is 15.6. The van der Waals surface area contributed by atoms with Crippen molar-refractivity contribution in [1.29, 1.82) is 0 Å². The Kier molecular flexibility index (Phi) is 3.75. The summed E-state index contributed by atoms with van der Waals surface area (Å²) in [6.07, 6.45) is 10.9. The first-order valence-electron chi connectivity index (χ1n) is 8.25. The zero-order valence-corrected chi connectivity index (χ0v) is 13.5. The molecule has 0 aliphatic carbocycles. The molecule has 4 rings (SSSR count). The van der Waals surface area contributed by atoms with E-state index in [2.05, 4.69) is 57.7 Å². The number of aromatic amines is 1. The van der Waals surface area contributed by atoms with Crippen LogP contribution in [0, 0.1) is 0 Å². The van der Waals surface area contributed by atoms with E-state index < -0.39 is 0 Å². The lowest BCUT2D eigenvalue weighted by Gasteiger charge is -2.15. The van der Waals surface area contributed by atoms with Crippen molar-refractivity contribution >= 4 is 16.5 Å². The molecule has 1 aliphatic rings. The van der Waals surface area contributed by atoms with Gasteiger partial charge in [0.25, 0.3) is 0 Å². The fraction of sp³-hybridized carbons (Fsp3) is 0.316. The standard InChI is InChI=1S/C19H22N4/c1-22-13-15(11-21-22)5-4-9-23-10-8-16(14-23)18-12-20-19-7-3-2-6-17(18)19/h2-3,6-8,11-13,20H,4-5,9-10,14H2,1H3. The lowest BCUT2D eigenvalue weighted by Crippen LogP contribution is -2.22. The van der Waals surface area contributed by atoms with Crippen LogP contribution in [0.4, 0.5) is 0 Å². The first kappa shape index (κ1) is 14.3. The maximum Gasteiger partial charge on any atom is 0.0521 e. The molecule has 0 bridgehead atoms. The second-order valence-corrected chi connectivity index (χ2v) is 6.34. The summed E-state index contributed by atoms with van der Waals surface area (Å²) in [4.78, 5) is 5.90. The summed E-state index contributed by atoms with van der Waals surface area (Å²) >= 11 is 0. The van der Waals surface area contributed by atoms with Gasteiger partial charge in [0, 0.05) is 49.0 Å². The summed E-state index contributed by atoms with van der Waals surface area (Å²) < 4.78 is 1.88. The van der Waals surface area contributed by atoms with Gasteiger partial charge in [0.05, 0.1) is 6.20 Å². The van der Waals surface area contributed by atoms with Crippen molar-refractivity contribution in [3.63, 3.8) is 0 Å². The Morgan fingerprint density at radius 3 is 3.04 bits per heavy atom. The highest BCUT2D eigenvalue weighted by molar-refractivity contribution is 5.93. The molecule has 23 heavy (non-hydrogen) atoms. The molecular formula is C19H22N4. The SMILES string of the molecule is Cn1cc(CCCN2CC=C(c3c[nH]c4ccccc34)C2)cn1. The molecule has 1 N–H and O–H groups in total. The molecule has 118 valence electrons. The second kappa shape index (κ2) is 6.05. The number of rotatable bonds is 5. The maximum absolute atomic E-state index is 4.23. The maximum atomic E-state index is 4.23. The second-order valence-electron chi connectivity index (χ2n) is 6.34. The van der Waals surface area contributed by atoms with Crippen LogP contribution in [0.25, 0.3) is 16.5 Å². The monoisotopic (exact) mass is 306 g/mol. The number of para-hydroxylation sites is 1. The fourth-order valence-corrected chi connectivity index (χ4v) is 3.42. The van der Waals surface area contributed by atoms with E-state index in [4.69, 9.17) is 0 Å². The third kappa shape index (κ3) is 2.94. The van der Waals surface area contributed by atoms with Gasteiger partial charge in [-0.1, -0.05) is 24.3 Å². The molecule has 4 nitrogen and oxygen atoms in total. The largest absolute Gasteiger partial charge is 0.361 e. The summed E-state index contributed by atoms with van der Waals surface area (Å²) in [7, 11) is 1.97. The third-order valence-electron chi connectivity index (χ3n) is 4.62. The van der Waals surface area contributed by atoms with E-state index in [9.17, 15) is 0 Å². The molecule has 1 aliphatic heterocycles. The van der Waals surface area contributed by atoms with Crippen LogP contribution in [0.1, 0.15) is 17.5 Å². The van der Waals surface area contributed by atoms with E-state index in [0.717, 1.165) is 26.1 Å². The minimum absolute atomic E-state index is 1.05. The quantitative estimate of drug-likeness (QED) is 0.786. The Labute approximate surface area is 136 Å². The number of hydrogen-bond donors (Lipinski definition) is 1. The molecule has 3 heterocycles. The van der Waals surface area contributed by atoms with Crippen LogP contribution >= 0.6 is 0 Å². The van der Waals surface area contributed by atoms with Crippen LogP contribution in [-0.2, 0) is 13.5 Å². The van der Waals surface area contributed by atoms with E-state index in [1.807, 2.05) is 17.9 Å². The number of aromatic nitrogens is 3. The number of nitrogens with one attached hydrogen (secondary N) is 1. The average molecular weight is 306 g/mol. The number of aryl methyl sites for hydroxylation is 2. The minimum Gasteiger partial charge on any atom is -0.361 e. The van der Waals surface area contributed by atoms with Gasteiger partial charge in [0.1, 0.15) is 0 Å². The molecule has 0 spiro atoms. The van der Waals surface area contributed by atoms with Crippen molar-refractivity contribution in [2.45, 2.75) is 12.8 Å². The molecule has 0 unspecified atom stereocenters. The Morgan fingerprint density at radius 1 is 1.26 bits per heavy atom. The van der Waals surface area contributed by atoms with Gasteiger partial charge in [-0.3, -0.25) is 9.58 Å². The lowest BCUT2D eigenvalue weighted by atomic mass is 10.1. The Balaban J connectivity index is 1.35. The molecule has 0 atom stereocenters. The van der Waals surface area contributed by atoms with Gasteiger partial charge >= 0.3 is 0 Å². The van der Waals surface area contributed by atoms with Crippen LogP contribution in [0.2, 0.25) is 0 Å². The predicted octanol–water partition coefficient (Wildman–Crippen LogP) is 3.23. The number of benzene rings is 1. The third-order valence-corrected chi connectivity index (χ3v) is 4.62. The fourth-order valence-electron chi connectivity index (χ4n) is 3.42. The van der Waals surface area contributed by atoms with E-state index in [-0.39, 0.29) is 0 Å². The summed E-state index contributed by atoms with van der Waals surface area (Å²) in [5.41, 5.74) is 5.36. The Bertz CT molecular complexity index is 840. The van der Waals surface area contributed by atoms with Gasteiger partial charge in [0.2, 0.25) is 0 Å². The van der Waals surface area contributed by atoms with Crippen molar-refractivity contribution in [3.8, 4) is 0 Å². The first-order chi connectivity index (χ1) is 11.3. The Morgan fingerprint density at radius 2 is 2.17 bits per heavy atom. The van der Waals surface area contributed by atoms with Gasteiger partial charge in [-0.25, -0.2) is 0 Å². The van der Waals surface area contributed by atoms with Crippen molar-refractivity contribution in [2.75, 3.05) is 19.6 Å². The molecule has 1 aromatic carbocycles. The summed E-state index contributed by atoms with van der Waals surface area (Å²) in [6, 6.07) is 8.53. The normalized spacial score (nSPS) is 15.4. The molecule has 3 aromatic rings. The molecule has 0 saturated carbocycles. The van der Waals surface area contributed by atoms with Gasteiger partial charge in [-0.05, 0) is 36.6 Å². The molecule has 0 radical (unpaired) electrons. The average Bonchev–Trinajstić information content (AvgIpc) is 3.27. The smallest absolute Gasteiger partial charge is 0.0521 e. The summed E-state index contributed by atoms with van der Waals surface area (Å²) in [5.74, 6) is 0. The summed E-state index contributed by atoms with van der Waals surface area (Å²) in [6.45, 7) is 3.24. The Hall–Kier alpha value is -2.33. The number of nitrogens with zero attached hydrogens (tertiary/aromatic N) is 3. The molecule has 4 heteroatoms. The van der Waals surface area contributed by atoms with Gasteiger partial charge in [0.15, 0.2) is 0 Å². The van der Waals surface area contributed by atoms with E-state index >= 15 is 0 Å². The van der Waals surface area contributed by atoms with Crippen molar-refractivity contribution in [1.82, 2.24) is 19.7 Å². The number of fused-ring (bicyclic) bond motifs is 1. The van der Waals surface area contributed by atoms with Crippen molar-refractivity contribution in [2.24, 2.45) is 7.05 Å². The number of H-pyrrole nitrogens is 1. The van der Waals surface area contributed by atoms with Gasteiger partial charge in [-0.15, -0.1) is 0 Å². The first-order valence-corrected chi connectivity index (χ1v) is 8.25. The molecule has 0 fully saturated rings. The van der Waals surface area contributed by atoms with Crippen molar-refractivity contribution in [3.05, 3.63) is 60.1 Å². The van der Waals surface area contributed by atoms with Crippen molar-refractivity contribution < 1.29 is 0 Å². The van der Waals surface area contributed by atoms with Crippen LogP contribution in [0.5, 0.6) is 0 Å². The van der Waals surface area contributed by atoms with Gasteiger partial charge in [-0.2, -0.15) is 5.10 Å². The molecular weight excluding hydrogens is 284 g/mol. The molecule has 2 aromatic heterocycles. The van der Waals surface area contributed by atoms with Crippen LogP contribution in [0.15, 0.2) is 48.9 Å².